The van der Waals surface area contributed by atoms with Gasteiger partial charge in [-0.2, -0.15) is 0 Å². The largest absolute Gasteiger partial charge is 0.379 e. The van der Waals surface area contributed by atoms with Crippen LogP contribution in [0.3, 0.4) is 0 Å². The number of carbonyl (C=O) groups is 3. The van der Waals surface area contributed by atoms with Gasteiger partial charge in [-0.3, -0.25) is 24.5 Å². The van der Waals surface area contributed by atoms with E-state index in [1.807, 2.05) is 6.92 Å². The average Bonchev–Trinajstić information content (AvgIpc) is 2.98. The van der Waals surface area contributed by atoms with Gasteiger partial charge in [-0.1, -0.05) is 61.9 Å². The van der Waals surface area contributed by atoms with Gasteiger partial charge in [0.1, 0.15) is 6.04 Å². The number of hydrogen-bond acceptors (Lipinski definition) is 6. The third kappa shape index (κ3) is 11.9. The molecule has 3 rings (SSSR count). The van der Waals surface area contributed by atoms with Crippen LogP contribution in [-0.2, 0) is 25.5 Å². The van der Waals surface area contributed by atoms with E-state index in [9.17, 15) is 14.4 Å². The second kappa shape index (κ2) is 18.0. The number of ether oxygens (including phenoxy) is 1. The summed E-state index contributed by atoms with van der Waals surface area (Å²) in [5.41, 5.74) is 4.04. The number of amides is 3. The number of morpholine rings is 1. The number of unbranched alkanes of at least 4 members (excludes halogenated alkanes) is 1. The molecule has 224 valence electrons. The van der Waals surface area contributed by atoms with Gasteiger partial charge < -0.3 is 15.4 Å². The Kier molecular flexibility index (Phi) is 14.4. The van der Waals surface area contributed by atoms with Gasteiger partial charge in [-0.15, -0.1) is 0 Å². The van der Waals surface area contributed by atoms with E-state index >= 15 is 0 Å². The molecule has 1 aliphatic heterocycles. The summed E-state index contributed by atoms with van der Waals surface area (Å²) in [4.78, 5) is 41.1. The van der Waals surface area contributed by atoms with Gasteiger partial charge in [-0.05, 0) is 63.5 Å². The first-order chi connectivity index (χ1) is 19.4. The molecular formula is C31H50N4O5. The Bertz CT molecular complexity index is 897. The van der Waals surface area contributed by atoms with Crippen molar-refractivity contribution in [1.82, 2.24) is 21.0 Å². The molecule has 0 unspecified atom stereocenters. The van der Waals surface area contributed by atoms with Crippen molar-refractivity contribution in [3.63, 3.8) is 0 Å². The first-order valence-electron chi connectivity index (χ1n) is 15.3. The van der Waals surface area contributed by atoms with Crippen LogP contribution in [0.25, 0.3) is 0 Å². The molecule has 0 bridgehead atoms. The van der Waals surface area contributed by atoms with Crippen LogP contribution in [0.5, 0.6) is 0 Å². The van der Waals surface area contributed by atoms with Crippen LogP contribution in [0.15, 0.2) is 24.3 Å². The third-order valence-electron chi connectivity index (χ3n) is 8.30. The summed E-state index contributed by atoms with van der Waals surface area (Å²) in [6, 6.07) is 7.67. The molecular weight excluding hydrogens is 508 g/mol. The maximum atomic E-state index is 13.4. The predicted molar refractivity (Wildman–Crippen MR) is 155 cm³/mol. The Morgan fingerprint density at radius 1 is 1.00 bits per heavy atom. The van der Waals surface area contributed by atoms with Crippen molar-refractivity contribution < 1.29 is 24.3 Å². The summed E-state index contributed by atoms with van der Waals surface area (Å²) < 4.78 is 5.40. The molecule has 2 fully saturated rings. The molecule has 40 heavy (non-hydrogen) atoms. The molecule has 1 heterocycles. The highest BCUT2D eigenvalue weighted by atomic mass is 16.5. The predicted octanol–water partition coefficient (Wildman–Crippen LogP) is 3.51. The van der Waals surface area contributed by atoms with Gasteiger partial charge in [0.15, 0.2) is 0 Å². The number of hydroxylamine groups is 1. The van der Waals surface area contributed by atoms with E-state index < -0.39 is 17.9 Å². The van der Waals surface area contributed by atoms with Crippen LogP contribution in [0.1, 0.15) is 81.8 Å². The zero-order chi connectivity index (χ0) is 28.6. The van der Waals surface area contributed by atoms with E-state index in [0.717, 1.165) is 84.2 Å². The Labute approximate surface area is 239 Å². The standard InChI is InChI=1S/C31H50N4O5/c1-24-12-14-25(15-13-24)10-7-11-27(23-29(36)34-39)30(37)33-28(22-26-8-3-2-4-9-26)31(38)32-16-5-6-17-35-18-20-40-21-19-35/h12-15,26-28,39H,2-11,16-23H2,1H3,(H,32,38)(H,33,37)(H,34,36)/t27-,28+/m1/s1. The highest BCUT2D eigenvalue weighted by molar-refractivity contribution is 5.90. The van der Waals surface area contributed by atoms with E-state index in [-0.39, 0.29) is 18.2 Å². The molecule has 1 aliphatic carbocycles. The number of hydrogen-bond donors (Lipinski definition) is 4. The molecule has 0 spiro atoms. The SMILES string of the molecule is Cc1ccc(CCC[C@H](CC(=O)NO)C(=O)N[C@@H](CC2CCCCC2)C(=O)NCCCCN2CCOCC2)cc1. The molecule has 3 amide bonds. The van der Waals surface area contributed by atoms with Gasteiger partial charge in [0.05, 0.1) is 13.2 Å². The Hall–Kier alpha value is -2.49. The highest BCUT2D eigenvalue weighted by Crippen LogP contribution is 2.28. The van der Waals surface area contributed by atoms with Crippen LogP contribution in [0, 0.1) is 18.8 Å². The smallest absolute Gasteiger partial charge is 0.244 e. The Morgan fingerprint density at radius 2 is 1.73 bits per heavy atom. The van der Waals surface area contributed by atoms with E-state index in [4.69, 9.17) is 9.94 Å². The van der Waals surface area contributed by atoms with Crippen LogP contribution in [0.4, 0.5) is 0 Å². The minimum absolute atomic E-state index is 0.116. The molecule has 1 saturated carbocycles. The van der Waals surface area contributed by atoms with Crippen molar-refractivity contribution in [3.05, 3.63) is 35.4 Å². The Morgan fingerprint density at radius 3 is 2.42 bits per heavy atom. The van der Waals surface area contributed by atoms with Crippen molar-refractivity contribution in [2.75, 3.05) is 39.4 Å². The lowest BCUT2D eigenvalue weighted by molar-refractivity contribution is -0.136. The van der Waals surface area contributed by atoms with Crippen molar-refractivity contribution in [2.24, 2.45) is 11.8 Å². The Balaban J connectivity index is 1.54. The number of nitrogens with one attached hydrogen (secondary N) is 3. The van der Waals surface area contributed by atoms with Gasteiger partial charge in [0, 0.05) is 32.0 Å². The lowest BCUT2D eigenvalue weighted by atomic mass is 9.84. The molecule has 0 radical (unpaired) electrons. The quantitative estimate of drug-likeness (QED) is 0.140. The summed E-state index contributed by atoms with van der Waals surface area (Å²) in [7, 11) is 0. The first-order valence-corrected chi connectivity index (χ1v) is 15.3. The molecule has 2 atom stereocenters. The van der Waals surface area contributed by atoms with E-state index in [1.165, 1.54) is 17.5 Å². The maximum absolute atomic E-state index is 13.4. The van der Waals surface area contributed by atoms with Gasteiger partial charge in [0.2, 0.25) is 17.7 Å². The highest BCUT2D eigenvalue weighted by Gasteiger charge is 2.29. The number of aryl methyl sites for hydroxylation is 2. The zero-order valence-electron chi connectivity index (χ0n) is 24.3. The molecule has 4 N–H and O–H groups in total. The van der Waals surface area contributed by atoms with Crippen molar-refractivity contribution in [1.29, 1.82) is 0 Å². The fourth-order valence-electron chi connectivity index (χ4n) is 5.80. The third-order valence-corrected chi connectivity index (χ3v) is 8.30. The van der Waals surface area contributed by atoms with Gasteiger partial charge in [-0.25, -0.2) is 5.48 Å². The fraction of sp³-hybridized carbons (Fsp3) is 0.710. The van der Waals surface area contributed by atoms with Gasteiger partial charge in [0.25, 0.3) is 0 Å². The van der Waals surface area contributed by atoms with Crippen LogP contribution in [-0.4, -0.2) is 73.3 Å². The van der Waals surface area contributed by atoms with E-state index in [0.29, 0.717) is 25.3 Å². The summed E-state index contributed by atoms with van der Waals surface area (Å²) >= 11 is 0. The van der Waals surface area contributed by atoms with Gasteiger partial charge >= 0.3 is 0 Å². The summed E-state index contributed by atoms with van der Waals surface area (Å²) in [5, 5.41) is 15.2. The minimum atomic E-state index is -0.619. The van der Waals surface area contributed by atoms with Crippen molar-refractivity contribution >= 4 is 17.7 Å². The molecule has 1 saturated heterocycles. The number of benzene rings is 1. The monoisotopic (exact) mass is 558 g/mol. The molecule has 1 aromatic carbocycles. The normalized spacial score (nSPS) is 18.1. The van der Waals surface area contributed by atoms with Crippen LogP contribution in [0.2, 0.25) is 0 Å². The second-order valence-electron chi connectivity index (χ2n) is 11.6. The van der Waals surface area contributed by atoms with E-state index in [2.05, 4.69) is 39.8 Å². The molecule has 9 nitrogen and oxygen atoms in total. The molecule has 9 heteroatoms. The molecule has 1 aromatic rings. The second-order valence-corrected chi connectivity index (χ2v) is 11.6. The number of carbonyl (C=O) groups excluding carboxylic acids is 3. The lowest BCUT2D eigenvalue weighted by Crippen LogP contribution is -2.50. The summed E-state index contributed by atoms with van der Waals surface area (Å²) in [6.45, 7) is 7.11. The topological polar surface area (TPSA) is 120 Å². The zero-order valence-corrected chi connectivity index (χ0v) is 24.3. The first kappa shape index (κ1) is 32.0. The number of rotatable bonds is 16. The summed E-state index contributed by atoms with van der Waals surface area (Å²) in [6.07, 6.45) is 10.1. The molecule has 0 aromatic heterocycles. The summed E-state index contributed by atoms with van der Waals surface area (Å²) in [5.74, 6) is -1.24. The maximum Gasteiger partial charge on any atom is 0.244 e. The number of nitrogens with zero attached hydrogens (tertiary/aromatic N) is 1. The minimum Gasteiger partial charge on any atom is -0.379 e. The fourth-order valence-corrected chi connectivity index (χ4v) is 5.80. The van der Waals surface area contributed by atoms with Crippen molar-refractivity contribution in [2.45, 2.75) is 90.0 Å². The lowest BCUT2D eigenvalue weighted by Gasteiger charge is -2.28. The average molecular weight is 559 g/mol. The van der Waals surface area contributed by atoms with Crippen LogP contribution >= 0.6 is 0 Å². The van der Waals surface area contributed by atoms with E-state index in [1.54, 1.807) is 5.48 Å². The van der Waals surface area contributed by atoms with Crippen molar-refractivity contribution in [3.8, 4) is 0 Å². The van der Waals surface area contributed by atoms with Crippen LogP contribution < -0.4 is 16.1 Å². The molecule has 2 aliphatic rings.